The monoisotopic (exact) mass is 350 g/mol. The van der Waals surface area contributed by atoms with Crippen LogP contribution in [0.2, 0.25) is 5.02 Å². The van der Waals surface area contributed by atoms with Crippen molar-refractivity contribution in [2.24, 2.45) is 5.92 Å². The maximum atomic E-state index is 12.5. The Labute approximate surface area is 145 Å². The molecule has 6 nitrogen and oxygen atoms in total. The molecular weight excluding hydrogens is 332 g/mol. The topological polar surface area (TPSA) is 74.8 Å². The molecule has 0 unspecified atom stereocenters. The Balaban J connectivity index is 2.29. The van der Waals surface area contributed by atoms with E-state index < -0.39 is 11.7 Å². The molecule has 2 amide bonds. The van der Waals surface area contributed by atoms with Gasteiger partial charge in [-0.3, -0.25) is 19.3 Å². The fourth-order valence-corrected chi connectivity index (χ4v) is 2.94. The van der Waals surface area contributed by atoms with Gasteiger partial charge in [0.15, 0.2) is 17.3 Å². The average molecular weight is 351 g/mol. The van der Waals surface area contributed by atoms with Crippen LogP contribution in [0.1, 0.15) is 29.6 Å². The number of Topliss-reactive ketones (excluding diaryl/α,β-unsaturated/α-hetero) is 3. The molecule has 1 aliphatic rings. The summed E-state index contributed by atoms with van der Waals surface area (Å²) in [5, 5.41) is 0.113. The molecule has 128 valence electrons. The number of ketones is 3. The minimum absolute atomic E-state index is 0.113. The van der Waals surface area contributed by atoms with Crippen LogP contribution in [0.4, 0.5) is 10.5 Å². The van der Waals surface area contributed by atoms with E-state index in [1.807, 2.05) is 0 Å². The average Bonchev–Trinajstić information content (AvgIpc) is 2.52. The smallest absolute Gasteiger partial charge is 0.323 e. The Kier molecular flexibility index (Phi) is 5.39. The number of carbonyl (C=O) groups excluding carboxylic acids is 4. The predicted molar refractivity (Wildman–Crippen MR) is 90.6 cm³/mol. The highest BCUT2D eigenvalue weighted by Crippen LogP contribution is 2.28. The van der Waals surface area contributed by atoms with Crippen molar-refractivity contribution >= 4 is 40.7 Å². The first-order valence-corrected chi connectivity index (χ1v) is 7.96. The zero-order valence-electron chi connectivity index (χ0n) is 13.8. The Hall–Kier alpha value is -2.21. The Bertz CT molecular complexity index is 699. The van der Waals surface area contributed by atoms with Gasteiger partial charge >= 0.3 is 6.03 Å². The number of benzene rings is 1. The van der Waals surface area contributed by atoms with Gasteiger partial charge in [0.25, 0.3) is 0 Å². The Morgan fingerprint density at radius 2 is 1.67 bits per heavy atom. The third kappa shape index (κ3) is 3.48. The molecule has 1 fully saturated rings. The van der Waals surface area contributed by atoms with Crippen molar-refractivity contribution in [3.05, 3.63) is 28.8 Å². The van der Waals surface area contributed by atoms with E-state index in [9.17, 15) is 19.2 Å². The molecule has 1 saturated carbocycles. The Morgan fingerprint density at radius 1 is 1.08 bits per heavy atom. The first-order valence-electron chi connectivity index (χ1n) is 7.58. The van der Waals surface area contributed by atoms with Crippen LogP contribution >= 0.6 is 11.6 Å². The lowest BCUT2D eigenvalue weighted by atomic mass is 9.81. The number of halogens is 1. The summed E-state index contributed by atoms with van der Waals surface area (Å²) in [6, 6.07) is 4.25. The maximum absolute atomic E-state index is 12.5. The van der Waals surface area contributed by atoms with Crippen molar-refractivity contribution in [3.8, 4) is 0 Å². The summed E-state index contributed by atoms with van der Waals surface area (Å²) in [6.45, 7) is 0. The van der Waals surface area contributed by atoms with E-state index in [2.05, 4.69) is 0 Å². The predicted octanol–water partition coefficient (Wildman–Crippen LogP) is 2.58. The molecule has 24 heavy (non-hydrogen) atoms. The summed E-state index contributed by atoms with van der Waals surface area (Å²) in [7, 11) is 4.83. The van der Waals surface area contributed by atoms with Crippen LogP contribution in [-0.2, 0) is 9.59 Å². The summed E-state index contributed by atoms with van der Waals surface area (Å²) in [5.74, 6) is -2.52. The van der Waals surface area contributed by atoms with E-state index in [0.717, 1.165) is 0 Å². The van der Waals surface area contributed by atoms with Crippen LogP contribution in [-0.4, -0.2) is 49.4 Å². The van der Waals surface area contributed by atoms with Crippen LogP contribution in [0.5, 0.6) is 0 Å². The number of rotatable bonds is 3. The van der Waals surface area contributed by atoms with Crippen LogP contribution in [0.25, 0.3) is 0 Å². The van der Waals surface area contributed by atoms with Gasteiger partial charge in [0, 0.05) is 45.2 Å². The lowest BCUT2D eigenvalue weighted by Gasteiger charge is -2.23. The quantitative estimate of drug-likeness (QED) is 0.620. The molecule has 2 rings (SSSR count). The SMILES string of the molecule is CN(C)C(=O)N(C)c1ccc(C(=O)C2C(=O)CCCC2=O)c(Cl)c1. The second-order valence-corrected chi connectivity index (χ2v) is 6.39. The van der Waals surface area contributed by atoms with Crippen molar-refractivity contribution in [1.29, 1.82) is 0 Å². The summed E-state index contributed by atoms with van der Waals surface area (Å²) in [5.41, 5.74) is 0.635. The van der Waals surface area contributed by atoms with Gasteiger partial charge in [0.2, 0.25) is 0 Å². The molecule has 0 saturated heterocycles. The molecule has 1 aliphatic carbocycles. The molecule has 7 heteroatoms. The van der Waals surface area contributed by atoms with Crippen molar-refractivity contribution in [1.82, 2.24) is 4.90 Å². The number of hydrogen-bond donors (Lipinski definition) is 0. The molecule has 0 bridgehead atoms. The number of carbonyl (C=O) groups is 4. The molecule has 0 atom stereocenters. The van der Waals surface area contributed by atoms with E-state index in [4.69, 9.17) is 11.6 Å². The van der Waals surface area contributed by atoms with Gasteiger partial charge in [0.1, 0.15) is 5.92 Å². The van der Waals surface area contributed by atoms with Crippen molar-refractivity contribution in [2.75, 3.05) is 26.0 Å². The zero-order chi connectivity index (χ0) is 18.0. The van der Waals surface area contributed by atoms with Gasteiger partial charge < -0.3 is 4.90 Å². The number of hydrogen-bond acceptors (Lipinski definition) is 4. The van der Waals surface area contributed by atoms with E-state index in [1.165, 1.54) is 21.9 Å². The summed E-state index contributed by atoms with van der Waals surface area (Å²) >= 11 is 6.17. The molecule has 0 N–H and O–H groups in total. The molecule has 0 aromatic heterocycles. The van der Waals surface area contributed by atoms with E-state index >= 15 is 0 Å². The van der Waals surface area contributed by atoms with Crippen LogP contribution in [0, 0.1) is 5.92 Å². The standard InChI is InChI=1S/C17H19ClN2O4/c1-19(2)17(24)20(3)10-7-8-11(12(18)9-10)16(23)15-13(21)5-4-6-14(15)22/h7-9,15H,4-6H2,1-3H3. The normalized spacial score (nSPS) is 15.3. The minimum Gasteiger partial charge on any atom is -0.330 e. The van der Waals surface area contributed by atoms with Crippen LogP contribution < -0.4 is 4.90 Å². The van der Waals surface area contributed by atoms with Gasteiger partial charge in [-0.05, 0) is 24.6 Å². The third-order valence-corrected chi connectivity index (χ3v) is 4.34. The second kappa shape index (κ2) is 7.13. The highest BCUT2D eigenvalue weighted by Gasteiger charge is 2.37. The first kappa shape index (κ1) is 18.1. The van der Waals surface area contributed by atoms with E-state index in [0.29, 0.717) is 12.1 Å². The van der Waals surface area contributed by atoms with Gasteiger partial charge in [-0.2, -0.15) is 0 Å². The van der Waals surface area contributed by atoms with Crippen molar-refractivity contribution in [3.63, 3.8) is 0 Å². The molecule has 0 aliphatic heterocycles. The highest BCUT2D eigenvalue weighted by atomic mass is 35.5. The molecule has 0 radical (unpaired) electrons. The molecule has 1 aromatic carbocycles. The lowest BCUT2D eigenvalue weighted by Crippen LogP contribution is -2.36. The highest BCUT2D eigenvalue weighted by molar-refractivity contribution is 6.36. The van der Waals surface area contributed by atoms with E-state index in [-0.39, 0.29) is 41.0 Å². The summed E-state index contributed by atoms with van der Waals surface area (Å²) in [4.78, 5) is 51.2. The first-order chi connectivity index (χ1) is 11.2. The fraction of sp³-hybridized carbons (Fsp3) is 0.412. The number of nitrogens with zero attached hydrogens (tertiary/aromatic N) is 2. The van der Waals surface area contributed by atoms with E-state index in [1.54, 1.807) is 27.2 Å². The van der Waals surface area contributed by atoms with Crippen LogP contribution in [0.15, 0.2) is 18.2 Å². The number of amides is 2. The van der Waals surface area contributed by atoms with Crippen molar-refractivity contribution in [2.45, 2.75) is 19.3 Å². The Morgan fingerprint density at radius 3 is 2.17 bits per heavy atom. The third-order valence-electron chi connectivity index (χ3n) is 4.03. The molecule has 0 heterocycles. The molecular formula is C17H19ClN2O4. The second-order valence-electron chi connectivity index (χ2n) is 5.98. The van der Waals surface area contributed by atoms with Gasteiger partial charge in [-0.15, -0.1) is 0 Å². The zero-order valence-corrected chi connectivity index (χ0v) is 14.6. The fourth-order valence-electron chi connectivity index (χ4n) is 2.68. The number of anilines is 1. The van der Waals surface area contributed by atoms with Crippen molar-refractivity contribution < 1.29 is 19.2 Å². The van der Waals surface area contributed by atoms with Crippen LogP contribution in [0.3, 0.4) is 0 Å². The molecule has 0 spiro atoms. The van der Waals surface area contributed by atoms with Gasteiger partial charge in [-0.1, -0.05) is 11.6 Å². The minimum atomic E-state index is -1.25. The summed E-state index contributed by atoms with van der Waals surface area (Å²) < 4.78 is 0. The van der Waals surface area contributed by atoms with Gasteiger partial charge in [-0.25, -0.2) is 4.79 Å². The van der Waals surface area contributed by atoms with Gasteiger partial charge in [0.05, 0.1) is 5.02 Å². The lowest BCUT2D eigenvalue weighted by molar-refractivity contribution is -0.133. The number of urea groups is 1. The summed E-state index contributed by atoms with van der Waals surface area (Å²) in [6.07, 6.45) is 0.960. The molecule has 1 aromatic rings. The largest absolute Gasteiger partial charge is 0.330 e. The maximum Gasteiger partial charge on any atom is 0.323 e.